The summed E-state index contributed by atoms with van der Waals surface area (Å²) in [4.78, 5) is 20.7. The van der Waals surface area contributed by atoms with Crippen LogP contribution in [0.3, 0.4) is 0 Å². The summed E-state index contributed by atoms with van der Waals surface area (Å²) in [6.07, 6.45) is -2.87. The maximum Gasteiger partial charge on any atom is 0.401 e. The smallest absolute Gasteiger partial charge is 0.354 e. The van der Waals surface area contributed by atoms with Crippen molar-refractivity contribution in [3.8, 4) is 0 Å². The van der Waals surface area contributed by atoms with Gasteiger partial charge in [-0.3, -0.25) is 9.69 Å². The average molecular weight is 262 g/mol. The fourth-order valence-electron chi connectivity index (χ4n) is 1.92. The molecule has 0 saturated carbocycles. The molecular weight excluding hydrogens is 249 g/mol. The van der Waals surface area contributed by atoms with Gasteiger partial charge in [0.1, 0.15) is 5.82 Å². The summed E-state index contributed by atoms with van der Waals surface area (Å²) >= 11 is 0. The fraction of sp³-hybridized carbons (Fsp3) is 0.600. The van der Waals surface area contributed by atoms with E-state index in [1.165, 1.54) is 17.3 Å². The third-order valence-corrected chi connectivity index (χ3v) is 2.76. The van der Waals surface area contributed by atoms with E-state index in [2.05, 4.69) is 9.97 Å². The Kier molecular flexibility index (Phi) is 3.55. The summed E-state index contributed by atoms with van der Waals surface area (Å²) in [5.41, 5.74) is -0.266. The SMILES string of the molecule is O=c1cc(N2CCN(CC(F)(F)F)CC2)nc[nH]1. The van der Waals surface area contributed by atoms with Gasteiger partial charge in [-0.1, -0.05) is 0 Å². The number of nitrogens with zero attached hydrogens (tertiary/aromatic N) is 3. The van der Waals surface area contributed by atoms with Gasteiger partial charge in [0.25, 0.3) is 5.56 Å². The Balaban J connectivity index is 1.93. The van der Waals surface area contributed by atoms with Crippen LogP contribution in [0, 0.1) is 0 Å². The fourth-order valence-corrected chi connectivity index (χ4v) is 1.92. The molecule has 0 atom stereocenters. The molecule has 1 aliphatic rings. The van der Waals surface area contributed by atoms with Gasteiger partial charge in [0.15, 0.2) is 0 Å². The Labute approximate surface area is 101 Å². The van der Waals surface area contributed by atoms with Crippen molar-refractivity contribution in [1.82, 2.24) is 14.9 Å². The Morgan fingerprint density at radius 2 is 1.94 bits per heavy atom. The van der Waals surface area contributed by atoms with Crippen LogP contribution in [0.5, 0.6) is 0 Å². The van der Waals surface area contributed by atoms with Crippen LogP contribution in [0.2, 0.25) is 0 Å². The topological polar surface area (TPSA) is 52.2 Å². The van der Waals surface area contributed by atoms with Gasteiger partial charge in [-0.25, -0.2) is 4.98 Å². The van der Waals surface area contributed by atoms with Gasteiger partial charge < -0.3 is 9.88 Å². The monoisotopic (exact) mass is 262 g/mol. The number of alkyl halides is 3. The Morgan fingerprint density at radius 3 is 2.50 bits per heavy atom. The quantitative estimate of drug-likeness (QED) is 0.841. The first-order chi connectivity index (χ1) is 8.44. The molecule has 1 N–H and O–H groups in total. The molecule has 1 aromatic heterocycles. The van der Waals surface area contributed by atoms with Gasteiger partial charge in [-0.15, -0.1) is 0 Å². The van der Waals surface area contributed by atoms with Crippen LogP contribution in [0.1, 0.15) is 0 Å². The number of H-pyrrole nitrogens is 1. The lowest BCUT2D eigenvalue weighted by Crippen LogP contribution is -2.49. The number of halogens is 3. The molecule has 8 heteroatoms. The van der Waals surface area contributed by atoms with Crippen molar-refractivity contribution in [2.45, 2.75) is 6.18 Å². The van der Waals surface area contributed by atoms with E-state index in [0.29, 0.717) is 32.0 Å². The first-order valence-electron chi connectivity index (χ1n) is 5.53. The predicted octanol–water partition coefficient (Wildman–Crippen LogP) is 0.454. The molecule has 2 heterocycles. The third-order valence-electron chi connectivity index (χ3n) is 2.76. The predicted molar refractivity (Wildman–Crippen MR) is 59.6 cm³/mol. The molecule has 1 aliphatic heterocycles. The second-order valence-corrected chi connectivity index (χ2v) is 4.15. The highest BCUT2D eigenvalue weighted by atomic mass is 19.4. The second kappa shape index (κ2) is 4.97. The van der Waals surface area contributed by atoms with Gasteiger partial charge in [-0.05, 0) is 0 Å². The van der Waals surface area contributed by atoms with Gasteiger partial charge >= 0.3 is 6.18 Å². The van der Waals surface area contributed by atoms with Crippen LogP contribution in [0.25, 0.3) is 0 Å². The largest absolute Gasteiger partial charge is 0.401 e. The minimum absolute atomic E-state index is 0.266. The van der Waals surface area contributed by atoms with Crippen molar-refractivity contribution < 1.29 is 13.2 Å². The molecule has 1 saturated heterocycles. The number of anilines is 1. The minimum Gasteiger partial charge on any atom is -0.354 e. The van der Waals surface area contributed by atoms with Crippen LogP contribution >= 0.6 is 0 Å². The maximum atomic E-state index is 12.2. The summed E-state index contributed by atoms with van der Waals surface area (Å²) in [6.45, 7) is 0.616. The molecule has 0 aromatic carbocycles. The molecule has 1 fully saturated rings. The molecule has 0 radical (unpaired) electrons. The molecule has 5 nitrogen and oxygen atoms in total. The number of aromatic nitrogens is 2. The van der Waals surface area contributed by atoms with Crippen molar-refractivity contribution in [2.24, 2.45) is 0 Å². The van der Waals surface area contributed by atoms with E-state index < -0.39 is 12.7 Å². The summed E-state index contributed by atoms with van der Waals surface area (Å²) in [6, 6.07) is 1.35. The zero-order valence-electron chi connectivity index (χ0n) is 9.57. The van der Waals surface area contributed by atoms with E-state index >= 15 is 0 Å². The summed E-state index contributed by atoms with van der Waals surface area (Å²) in [5.74, 6) is 0.505. The molecule has 0 amide bonds. The van der Waals surface area contributed by atoms with Gasteiger partial charge in [0.05, 0.1) is 12.9 Å². The van der Waals surface area contributed by atoms with E-state index in [1.807, 2.05) is 4.90 Å². The maximum absolute atomic E-state index is 12.2. The van der Waals surface area contributed by atoms with E-state index in [0.717, 1.165) is 0 Å². The number of hydrogen-bond acceptors (Lipinski definition) is 4. The summed E-state index contributed by atoms with van der Waals surface area (Å²) in [5, 5.41) is 0. The van der Waals surface area contributed by atoms with E-state index in [4.69, 9.17) is 0 Å². The average Bonchev–Trinajstić information content (AvgIpc) is 2.28. The number of aromatic amines is 1. The standard InChI is InChI=1S/C10H13F3N4O/c11-10(12,13)6-16-1-3-17(4-2-16)8-5-9(18)15-7-14-8/h5,7H,1-4,6H2,(H,14,15,18). The zero-order chi connectivity index (χ0) is 13.2. The van der Waals surface area contributed by atoms with E-state index in [-0.39, 0.29) is 5.56 Å². The Morgan fingerprint density at radius 1 is 1.28 bits per heavy atom. The second-order valence-electron chi connectivity index (χ2n) is 4.15. The highest BCUT2D eigenvalue weighted by Gasteiger charge is 2.32. The van der Waals surface area contributed by atoms with Crippen molar-refractivity contribution in [2.75, 3.05) is 37.6 Å². The molecule has 0 aliphatic carbocycles. The van der Waals surface area contributed by atoms with E-state index in [1.54, 1.807) is 0 Å². The normalized spacial score (nSPS) is 18.1. The van der Waals surface area contributed by atoms with Crippen molar-refractivity contribution in [3.63, 3.8) is 0 Å². The number of rotatable bonds is 2. The molecule has 0 spiro atoms. The number of piperazine rings is 1. The molecule has 0 bridgehead atoms. The van der Waals surface area contributed by atoms with Gasteiger partial charge in [0.2, 0.25) is 0 Å². The summed E-state index contributed by atoms with van der Waals surface area (Å²) < 4.78 is 36.6. The highest BCUT2D eigenvalue weighted by Crippen LogP contribution is 2.18. The molecule has 100 valence electrons. The first kappa shape index (κ1) is 12.9. The van der Waals surface area contributed by atoms with Gasteiger partial charge in [0, 0.05) is 32.2 Å². The molecule has 2 rings (SSSR count). The molecule has 0 unspecified atom stereocenters. The lowest BCUT2D eigenvalue weighted by Gasteiger charge is -2.35. The zero-order valence-corrected chi connectivity index (χ0v) is 9.57. The third kappa shape index (κ3) is 3.46. The Bertz CT molecular complexity index is 451. The molecule has 1 aromatic rings. The van der Waals surface area contributed by atoms with Crippen LogP contribution < -0.4 is 10.5 Å². The summed E-state index contributed by atoms with van der Waals surface area (Å²) in [7, 11) is 0. The highest BCUT2D eigenvalue weighted by molar-refractivity contribution is 5.36. The Hall–Kier alpha value is -1.57. The van der Waals surface area contributed by atoms with Crippen molar-refractivity contribution in [1.29, 1.82) is 0 Å². The number of hydrogen-bond donors (Lipinski definition) is 1. The minimum atomic E-state index is -4.16. The van der Waals surface area contributed by atoms with Crippen LogP contribution in [-0.2, 0) is 0 Å². The lowest BCUT2D eigenvalue weighted by molar-refractivity contribution is -0.146. The van der Waals surface area contributed by atoms with Crippen LogP contribution in [0.4, 0.5) is 19.0 Å². The molecular formula is C10H13F3N4O. The molecule has 18 heavy (non-hydrogen) atoms. The van der Waals surface area contributed by atoms with Gasteiger partial charge in [-0.2, -0.15) is 13.2 Å². The van der Waals surface area contributed by atoms with Crippen molar-refractivity contribution >= 4 is 5.82 Å². The van der Waals surface area contributed by atoms with Crippen molar-refractivity contribution in [3.05, 3.63) is 22.7 Å². The van der Waals surface area contributed by atoms with Crippen LogP contribution in [0.15, 0.2) is 17.2 Å². The van der Waals surface area contributed by atoms with Crippen LogP contribution in [-0.4, -0.2) is 53.8 Å². The van der Waals surface area contributed by atoms with E-state index in [9.17, 15) is 18.0 Å². The first-order valence-corrected chi connectivity index (χ1v) is 5.53. The number of nitrogens with one attached hydrogen (secondary N) is 1. The lowest BCUT2D eigenvalue weighted by atomic mass is 10.3.